The quantitative estimate of drug-likeness (QED) is 0.831. The zero-order chi connectivity index (χ0) is 15.8. The zero-order valence-corrected chi connectivity index (χ0v) is 13.8. The highest BCUT2D eigenvalue weighted by atomic mass is 79.9. The van der Waals surface area contributed by atoms with Crippen molar-refractivity contribution in [1.29, 1.82) is 0 Å². The molecule has 0 saturated carbocycles. The van der Waals surface area contributed by atoms with Crippen LogP contribution in [0.5, 0.6) is 0 Å². The summed E-state index contributed by atoms with van der Waals surface area (Å²) in [6, 6.07) is 5.63. The largest absolute Gasteiger partial charge is 0.277 e. The van der Waals surface area contributed by atoms with E-state index in [0.29, 0.717) is 9.50 Å². The molecule has 0 atom stereocenters. The highest BCUT2D eigenvalue weighted by Gasteiger charge is 2.18. The fraction of sp³-hybridized carbons (Fsp3) is 0.0769. The minimum absolute atomic E-state index is 0.0877. The summed E-state index contributed by atoms with van der Waals surface area (Å²) >= 11 is 8.88. The Labute approximate surface area is 134 Å². The van der Waals surface area contributed by atoms with Gasteiger partial charge in [0.25, 0.3) is 10.0 Å². The number of rotatable bonds is 3. The second kappa shape index (κ2) is 5.90. The van der Waals surface area contributed by atoms with Crippen LogP contribution in [0.4, 0.5) is 14.5 Å². The molecule has 0 amide bonds. The number of hydrogen-bond acceptors (Lipinski definition) is 2. The van der Waals surface area contributed by atoms with Crippen LogP contribution in [-0.4, -0.2) is 8.42 Å². The van der Waals surface area contributed by atoms with Gasteiger partial charge in [-0.3, -0.25) is 4.72 Å². The first kappa shape index (κ1) is 16.2. The van der Waals surface area contributed by atoms with Crippen LogP contribution >= 0.6 is 27.5 Å². The zero-order valence-electron chi connectivity index (χ0n) is 10.6. The van der Waals surface area contributed by atoms with Crippen molar-refractivity contribution < 1.29 is 17.2 Å². The van der Waals surface area contributed by atoms with Crippen molar-refractivity contribution in [1.82, 2.24) is 0 Å². The lowest BCUT2D eigenvalue weighted by Gasteiger charge is -2.10. The molecular weight excluding hydrogens is 388 g/mol. The maximum atomic E-state index is 13.7. The minimum Gasteiger partial charge on any atom is -0.277 e. The van der Waals surface area contributed by atoms with E-state index in [0.717, 1.165) is 12.1 Å². The molecule has 0 aliphatic rings. The van der Waals surface area contributed by atoms with Crippen molar-refractivity contribution in [2.24, 2.45) is 0 Å². The molecule has 0 aliphatic heterocycles. The highest BCUT2D eigenvalue weighted by molar-refractivity contribution is 9.10. The highest BCUT2D eigenvalue weighted by Crippen LogP contribution is 2.27. The van der Waals surface area contributed by atoms with Gasteiger partial charge in [0.1, 0.15) is 11.6 Å². The SMILES string of the molecule is Cc1cc(F)c(NS(=O)(=O)c2ccc(Cl)c(Br)c2)cc1F. The maximum absolute atomic E-state index is 13.7. The van der Waals surface area contributed by atoms with Gasteiger partial charge in [0.15, 0.2) is 0 Å². The molecule has 0 spiro atoms. The molecule has 21 heavy (non-hydrogen) atoms. The molecular formula is C13H9BrClF2NO2S. The summed E-state index contributed by atoms with van der Waals surface area (Å²) in [5.41, 5.74) is -0.367. The van der Waals surface area contributed by atoms with E-state index in [-0.39, 0.29) is 10.5 Å². The third-order valence-corrected chi connectivity index (χ3v) is 5.27. The third-order valence-electron chi connectivity index (χ3n) is 2.69. The Kier molecular flexibility index (Phi) is 4.55. The number of nitrogens with one attached hydrogen (secondary N) is 1. The molecule has 112 valence electrons. The lowest BCUT2D eigenvalue weighted by molar-refractivity contribution is 0.590. The molecule has 0 fully saturated rings. The van der Waals surface area contributed by atoms with Crippen LogP contribution in [0.2, 0.25) is 5.02 Å². The van der Waals surface area contributed by atoms with Crippen LogP contribution in [-0.2, 0) is 10.0 Å². The summed E-state index contributed by atoms with van der Waals surface area (Å²) in [6.45, 7) is 1.38. The first-order valence-corrected chi connectivity index (χ1v) is 8.29. The minimum atomic E-state index is -4.05. The number of hydrogen-bond donors (Lipinski definition) is 1. The average molecular weight is 397 g/mol. The summed E-state index contributed by atoms with van der Waals surface area (Å²) in [4.78, 5) is -0.126. The van der Waals surface area contributed by atoms with Crippen LogP contribution in [0.1, 0.15) is 5.56 Å². The van der Waals surface area contributed by atoms with Gasteiger partial charge >= 0.3 is 0 Å². The van der Waals surface area contributed by atoms with Gasteiger partial charge in [-0.25, -0.2) is 17.2 Å². The van der Waals surface area contributed by atoms with Crippen LogP contribution in [0.15, 0.2) is 39.7 Å². The van der Waals surface area contributed by atoms with E-state index >= 15 is 0 Å². The Morgan fingerprint density at radius 3 is 2.43 bits per heavy atom. The number of benzene rings is 2. The lowest BCUT2D eigenvalue weighted by atomic mass is 10.2. The van der Waals surface area contributed by atoms with E-state index in [1.54, 1.807) is 0 Å². The fourth-order valence-electron chi connectivity index (χ4n) is 1.57. The monoisotopic (exact) mass is 395 g/mol. The fourth-order valence-corrected chi connectivity index (χ4v) is 3.30. The molecule has 0 bridgehead atoms. The summed E-state index contributed by atoms with van der Waals surface area (Å²) in [5.74, 6) is -1.56. The van der Waals surface area contributed by atoms with E-state index < -0.39 is 27.3 Å². The molecule has 0 radical (unpaired) electrons. The number of aryl methyl sites for hydroxylation is 1. The van der Waals surface area contributed by atoms with Crippen molar-refractivity contribution in [3.05, 3.63) is 57.0 Å². The van der Waals surface area contributed by atoms with Crippen molar-refractivity contribution in [3.8, 4) is 0 Å². The second-order valence-electron chi connectivity index (χ2n) is 4.26. The lowest BCUT2D eigenvalue weighted by Crippen LogP contribution is -2.14. The van der Waals surface area contributed by atoms with E-state index in [1.807, 2.05) is 4.72 Å². The Balaban J connectivity index is 2.42. The van der Waals surface area contributed by atoms with Crippen molar-refractivity contribution in [2.45, 2.75) is 11.8 Å². The van der Waals surface area contributed by atoms with Gasteiger partial charge in [-0.05, 0) is 52.7 Å². The molecule has 0 unspecified atom stereocenters. The standard InChI is InChI=1S/C13H9BrClF2NO2S/c1-7-4-12(17)13(6-11(7)16)18-21(19,20)8-2-3-10(15)9(14)5-8/h2-6,18H,1H3. The number of halogens is 4. The van der Waals surface area contributed by atoms with Crippen LogP contribution < -0.4 is 4.72 Å². The van der Waals surface area contributed by atoms with Gasteiger partial charge in [-0.1, -0.05) is 11.6 Å². The predicted octanol–water partition coefficient (Wildman–Crippen LogP) is 4.49. The first-order chi connectivity index (χ1) is 9.70. The molecule has 8 heteroatoms. The van der Waals surface area contributed by atoms with Gasteiger partial charge in [-0.2, -0.15) is 0 Å². The molecule has 2 aromatic rings. The predicted molar refractivity (Wildman–Crippen MR) is 81.1 cm³/mol. The van der Waals surface area contributed by atoms with Gasteiger partial charge in [0, 0.05) is 10.5 Å². The van der Waals surface area contributed by atoms with Gasteiger partial charge in [0.05, 0.1) is 15.6 Å². The molecule has 2 aromatic carbocycles. The molecule has 0 aromatic heterocycles. The average Bonchev–Trinajstić information content (AvgIpc) is 2.39. The van der Waals surface area contributed by atoms with Gasteiger partial charge in [0.2, 0.25) is 0 Å². The summed E-state index contributed by atoms with van der Waals surface area (Å²) in [7, 11) is -4.05. The van der Waals surface area contributed by atoms with E-state index in [4.69, 9.17) is 11.6 Å². The number of sulfonamides is 1. The Bertz CT molecular complexity index is 812. The van der Waals surface area contributed by atoms with Crippen LogP contribution in [0.25, 0.3) is 0 Å². The van der Waals surface area contributed by atoms with E-state index in [1.165, 1.54) is 25.1 Å². The summed E-state index contributed by atoms with van der Waals surface area (Å²) < 4.78 is 53.8. The van der Waals surface area contributed by atoms with E-state index in [9.17, 15) is 17.2 Å². The molecule has 2 rings (SSSR count). The summed E-state index contributed by atoms with van der Waals surface area (Å²) in [6.07, 6.45) is 0. The first-order valence-electron chi connectivity index (χ1n) is 5.64. The van der Waals surface area contributed by atoms with Gasteiger partial charge < -0.3 is 0 Å². The molecule has 0 heterocycles. The molecule has 1 N–H and O–H groups in total. The molecule has 3 nitrogen and oxygen atoms in total. The van der Waals surface area contributed by atoms with E-state index in [2.05, 4.69) is 15.9 Å². The normalized spacial score (nSPS) is 11.5. The van der Waals surface area contributed by atoms with Crippen LogP contribution in [0, 0.1) is 18.6 Å². The van der Waals surface area contributed by atoms with Crippen molar-refractivity contribution in [3.63, 3.8) is 0 Å². The number of anilines is 1. The smallest absolute Gasteiger partial charge is 0.262 e. The third kappa shape index (κ3) is 3.53. The maximum Gasteiger partial charge on any atom is 0.262 e. The second-order valence-corrected chi connectivity index (χ2v) is 7.21. The Morgan fingerprint density at radius 1 is 1.14 bits per heavy atom. The summed E-state index contributed by atoms with van der Waals surface area (Å²) in [5, 5.41) is 0.335. The Hall–Kier alpha value is -1.18. The Morgan fingerprint density at radius 2 is 1.81 bits per heavy atom. The topological polar surface area (TPSA) is 46.2 Å². The molecule has 0 aliphatic carbocycles. The van der Waals surface area contributed by atoms with Crippen molar-refractivity contribution in [2.75, 3.05) is 4.72 Å². The van der Waals surface area contributed by atoms with Crippen LogP contribution in [0.3, 0.4) is 0 Å². The van der Waals surface area contributed by atoms with Crippen molar-refractivity contribution >= 4 is 43.2 Å². The van der Waals surface area contributed by atoms with Gasteiger partial charge in [-0.15, -0.1) is 0 Å². The molecule has 0 saturated heterocycles.